The van der Waals surface area contributed by atoms with Crippen molar-refractivity contribution >= 4 is 11.6 Å². The first-order chi connectivity index (χ1) is 13.7. The van der Waals surface area contributed by atoms with Gasteiger partial charge in [-0.3, -0.25) is 4.79 Å². The molecule has 0 spiro atoms. The number of aliphatic hydroxyl groups is 1. The Morgan fingerprint density at radius 1 is 1.23 bits per heavy atom. The second-order valence-electron chi connectivity index (χ2n) is 9.52. The zero-order valence-corrected chi connectivity index (χ0v) is 18.0. The van der Waals surface area contributed by atoms with Crippen LogP contribution in [-0.2, 0) is 4.79 Å². The van der Waals surface area contributed by atoms with Gasteiger partial charge in [0.05, 0.1) is 5.92 Å². The topological polar surface area (TPSA) is 62.1 Å². The normalized spacial score (nSPS) is 27.0. The Morgan fingerprint density at radius 3 is 2.37 bits per heavy atom. The summed E-state index contributed by atoms with van der Waals surface area (Å²) in [5.74, 6) is -1.92. The molecule has 0 unspecified atom stereocenters. The molecule has 1 saturated carbocycles. The summed E-state index contributed by atoms with van der Waals surface area (Å²) in [5, 5.41) is 15.0. The van der Waals surface area contributed by atoms with Gasteiger partial charge < -0.3 is 9.84 Å². The summed E-state index contributed by atoms with van der Waals surface area (Å²) < 4.78 is 47.6. The Morgan fingerprint density at radius 2 is 1.83 bits per heavy atom. The quantitative estimate of drug-likeness (QED) is 0.769. The van der Waals surface area contributed by atoms with Crippen molar-refractivity contribution < 1.29 is 27.8 Å². The molecule has 0 saturated heterocycles. The number of amides is 1. The molecule has 1 heterocycles. The van der Waals surface area contributed by atoms with Crippen LogP contribution in [0.3, 0.4) is 0 Å². The Bertz CT molecular complexity index is 840. The first kappa shape index (κ1) is 22.6. The molecule has 166 valence electrons. The van der Waals surface area contributed by atoms with Gasteiger partial charge in [0.2, 0.25) is 0 Å². The number of alkyl halides is 3. The molecule has 1 aliphatic heterocycles. The van der Waals surface area contributed by atoms with E-state index in [1.54, 1.807) is 12.1 Å². The smallest absolute Gasteiger partial charge is 0.439 e. The molecule has 1 aliphatic carbocycles. The summed E-state index contributed by atoms with van der Waals surface area (Å²) in [6.07, 6.45) is -3.92. The van der Waals surface area contributed by atoms with Crippen LogP contribution in [0.15, 0.2) is 23.3 Å². The molecule has 1 amide bonds. The highest BCUT2D eigenvalue weighted by molar-refractivity contribution is 5.93. The number of hydrogen-bond acceptors (Lipinski definition) is 4. The Labute approximate surface area is 174 Å². The molecule has 0 radical (unpaired) electrons. The van der Waals surface area contributed by atoms with Crippen LogP contribution in [0.4, 0.5) is 13.2 Å². The Hall–Kier alpha value is -2.09. The van der Waals surface area contributed by atoms with E-state index in [1.165, 1.54) is 0 Å². The van der Waals surface area contributed by atoms with Crippen LogP contribution >= 0.6 is 0 Å². The van der Waals surface area contributed by atoms with E-state index in [-0.39, 0.29) is 28.5 Å². The number of hydrogen-bond donors (Lipinski definition) is 1. The lowest BCUT2D eigenvalue weighted by Gasteiger charge is -2.42. The molecular weight excluding hydrogens is 397 g/mol. The van der Waals surface area contributed by atoms with E-state index in [9.17, 15) is 23.1 Å². The summed E-state index contributed by atoms with van der Waals surface area (Å²) in [6, 6.07) is 5.31. The molecule has 30 heavy (non-hydrogen) atoms. The predicted octanol–water partition coefficient (Wildman–Crippen LogP) is 4.59. The van der Waals surface area contributed by atoms with Crippen LogP contribution in [0.1, 0.15) is 51.2 Å². The maximum atomic E-state index is 14.1. The first-order valence-corrected chi connectivity index (χ1v) is 10.1. The summed E-state index contributed by atoms with van der Waals surface area (Å²) in [6.45, 7) is 8.99. The van der Waals surface area contributed by atoms with Gasteiger partial charge in [-0.15, -0.1) is 0 Å². The molecule has 1 fully saturated rings. The number of carbonyl (C=O) groups is 1. The lowest BCUT2D eigenvalue weighted by molar-refractivity contribution is -0.318. The zero-order valence-electron chi connectivity index (χ0n) is 18.0. The van der Waals surface area contributed by atoms with Crippen LogP contribution in [0.25, 0.3) is 0 Å². The number of aryl methyl sites for hydroxylation is 2. The molecule has 8 heteroatoms. The van der Waals surface area contributed by atoms with Gasteiger partial charge in [-0.1, -0.05) is 26.8 Å². The minimum absolute atomic E-state index is 0.0168. The highest BCUT2D eigenvalue weighted by Crippen LogP contribution is 2.51. The standard InChI is InChI=1S/C22H29F3N2O3/c1-13-8-14(2)10-16(9-13)30-12-19(28)27-21(29,22(23,24)25)17-11-15(20(3,4)5)6-7-18(17)26-27/h8-10,15,17,29H,6-7,11-12H2,1-5H3/t15-,17+,21+/m0/s1. The van der Waals surface area contributed by atoms with Gasteiger partial charge in [0.1, 0.15) is 5.75 Å². The van der Waals surface area contributed by atoms with Gasteiger partial charge in [0, 0.05) is 5.71 Å². The maximum absolute atomic E-state index is 14.1. The average Bonchev–Trinajstić information content (AvgIpc) is 2.92. The second kappa shape index (κ2) is 7.55. The molecule has 3 atom stereocenters. The van der Waals surface area contributed by atoms with Crippen molar-refractivity contribution in [2.45, 2.75) is 65.8 Å². The van der Waals surface area contributed by atoms with Crippen molar-refractivity contribution in [1.82, 2.24) is 5.01 Å². The lowest BCUT2D eigenvalue weighted by atomic mass is 9.66. The maximum Gasteiger partial charge on any atom is 0.439 e. The van der Waals surface area contributed by atoms with Gasteiger partial charge in [-0.2, -0.15) is 23.3 Å². The number of halogens is 3. The summed E-state index contributed by atoms with van der Waals surface area (Å²) in [5.41, 5.74) is -1.51. The molecule has 3 rings (SSSR count). The monoisotopic (exact) mass is 426 g/mol. The van der Waals surface area contributed by atoms with E-state index in [0.717, 1.165) is 11.1 Å². The second-order valence-corrected chi connectivity index (χ2v) is 9.52. The zero-order chi connectivity index (χ0) is 22.5. The van der Waals surface area contributed by atoms with Crippen molar-refractivity contribution in [2.24, 2.45) is 22.4 Å². The Kier molecular flexibility index (Phi) is 5.69. The number of carbonyl (C=O) groups excluding carboxylic acids is 1. The number of ether oxygens (including phenoxy) is 1. The number of benzene rings is 1. The fourth-order valence-corrected chi connectivity index (χ4v) is 4.48. The minimum atomic E-state index is -5.04. The number of hydrazone groups is 1. The summed E-state index contributed by atoms with van der Waals surface area (Å²) >= 11 is 0. The van der Waals surface area contributed by atoms with Crippen molar-refractivity contribution in [3.8, 4) is 5.75 Å². The Balaban J connectivity index is 1.84. The van der Waals surface area contributed by atoms with Crippen LogP contribution in [0.2, 0.25) is 0 Å². The van der Waals surface area contributed by atoms with Crippen LogP contribution < -0.4 is 4.74 Å². The molecule has 1 aromatic rings. The summed E-state index contributed by atoms with van der Waals surface area (Å²) in [7, 11) is 0. The van der Waals surface area contributed by atoms with Crippen molar-refractivity contribution in [3.63, 3.8) is 0 Å². The van der Waals surface area contributed by atoms with Gasteiger partial charge >= 0.3 is 6.18 Å². The number of nitrogens with zero attached hydrogens (tertiary/aromatic N) is 2. The molecule has 1 aromatic carbocycles. The fourth-order valence-electron chi connectivity index (χ4n) is 4.48. The highest BCUT2D eigenvalue weighted by Gasteiger charge is 2.69. The third kappa shape index (κ3) is 4.06. The van der Waals surface area contributed by atoms with E-state index >= 15 is 0 Å². The van der Waals surface area contributed by atoms with E-state index < -0.39 is 30.3 Å². The van der Waals surface area contributed by atoms with E-state index in [4.69, 9.17) is 4.74 Å². The van der Waals surface area contributed by atoms with Gasteiger partial charge in [0.25, 0.3) is 11.6 Å². The molecule has 1 N–H and O–H groups in total. The average molecular weight is 426 g/mol. The van der Waals surface area contributed by atoms with Crippen LogP contribution in [0.5, 0.6) is 5.75 Å². The first-order valence-electron chi connectivity index (χ1n) is 10.1. The third-order valence-electron chi connectivity index (χ3n) is 6.14. The minimum Gasteiger partial charge on any atom is -0.484 e. The van der Waals surface area contributed by atoms with Crippen molar-refractivity contribution in [3.05, 3.63) is 29.3 Å². The molecule has 0 bridgehead atoms. The van der Waals surface area contributed by atoms with Crippen LogP contribution in [0, 0.1) is 31.1 Å². The van der Waals surface area contributed by atoms with E-state index in [0.29, 0.717) is 18.6 Å². The van der Waals surface area contributed by atoms with Gasteiger partial charge in [-0.25, -0.2) is 0 Å². The van der Waals surface area contributed by atoms with Crippen molar-refractivity contribution in [1.29, 1.82) is 0 Å². The molecular formula is C22H29F3N2O3. The van der Waals surface area contributed by atoms with Crippen molar-refractivity contribution in [2.75, 3.05) is 6.61 Å². The van der Waals surface area contributed by atoms with Gasteiger partial charge in [-0.05, 0) is 67.7 Å². The van der Waals surface area contributed by atoms with E-state index in [1.807, 2.05) is 40.7 Å². The lowest BCUT2D eigenvalue weighted by Crippen LogP contribution is -2.62. The van der Waals surface area contributed by atoms with Gasteiger partial charge in [0.15, 0.2) is 6.61 Å². The van der Waals surface area contributed by atoms with E-state index in [2.05, 4.69) is 5.10 Å². The molecule has 0 aromatic heterocycles. The van der Waals surface area contributed by atoms with Crippen LogP contribution in [-0.4, -0.2) is 40.2 Å². The SMILES string of the molecule is Cc1cc(C)cc(OCC(=O)N2N=C3CC[C@H](C(C)(C)C)C[C@H]3[C@@]2(O)C(F)(F)F)c1. The summed E-state index contributed by atoms with van der Waals surface area (Å²) in [4.78, 5) is 12.7. The molecule has 2 aliphatic rings. The third-order valence-corrected chi connectivity index (χ3v) is 6.14. The molecule has 5 nitrogen and oxygen atoms in total. The fraction of sp³-hybridized carbons (Fsp3) is 0.636. The largest absolute Gasteiger partial charge is 0.484 e. The number of rotatable bonds is 3. The number of fused-ring (bicyclic) bond motifs is 1. The predicted molar refractivity (Wildman–Crippen MR) is 107 cm³/mol. The highest BCUT2D eigenvalue weighted by atomic mass is 19.4.